The summed E-state index contributed by atoms with van der Waals surface area (Å²) in [6.45, 7) is 6.01. The van der Waals surface area contributed by atoms with E-state index in [1.54, 1.807) is 43.3 Å². The number of rotatable bonds is 9. The summed E-state index contributed by atoms with van der Waals surface area (Å²) in [5.41, 5.74) is -0.545. The number of ether oxygens (including phenoxy) is 1. The number of carbonyl (C=O) groups excluding carboxylic acids is 4. The summed E-state index contributed by atoms with van der Waals surface area (Å²) in [7, 11) is -0.125. The number of anilines is 1. The molecule has 3 N–H and O–H groups in total. The molecule has 4 aliphatic rings. The van der Waals surface area contributed by atoms with Crippen molar-refractivity contribution in [3.05, 3.63) is 76.6 Å². The number of hydrogen-bond donors (Lipinski definition) is 3. The van der Waals surface area contributed by atoms with Gasteiger partial charge in [-0.3, -0.25) is 28.7 Å². The SMILES string of the molecule is CCn1nc(O[C@@H]2C[C@H]3C(=O)N[C@]4(C(=O)NS(=O)(=O)C5CC5)C[C@H]4/C=C\CC[C@H](C)C[C@@H](C)[C@H](NC(=O)c4ccc(N(C)C)cc4)C(=O)N3C2)c2ccccc2c1=O. The van der Waals surface area contributed by atoms with Crippen LogP contribution in [0.2, 0.25) is 0 Å². The lowest BCUT2D eigenvalue weighted by molar-refractivity contribution is -0.142. The number of benzene rings is 2. The van der Waals surface area contributed by atoms with Gasteiger partial charge < -0.3 is 25.2 Å². The van der Waals surface area contributed by atoms with Gasteiger partial charge in [-0.15, -0.1) is 5.10 Å². The van der Waals surface area contributed by atoms with Crippen LogP contribution in [-0.2, 0) is 31.0 Å². The topological polar surface area (TPSA) is 189 Å². The highest BCUT2D eigenvalue weighted by molar-refractivity contribution is 7.91. The summed E-state index contributed by atoms with van der Waals surface area (Å²) in [6.07, 6.45) is 6.18. The van der Waals surface area contributed by atoms with E-state index in [0.717, 1.165) is 12.1 Å². The van der Waals surface area contributed by atoms with E-state index in [0.29, 0.717) is 42.0 Å². The summed E-state index contributed by atoms with van der Waals surface area (Å²) in [5, 5.41) is 10.6. The van der Waals surface area contributed by atoms with Gasteiger partial charge in [0.25, 0.3) is 17.4 Å². The third kappa shape index (κ3) is 8.34. The van der Waals surface area contributed by atoms with Gasteiger partial charge in [0, 0.05) is 44.2 Å². The number of carbonyl (C=O) groups is 4. The molecule has 16 heteroatoms. The molecule has 2 saturated carbocycles. The molecular formula is C42H53N7O8S. The zero-order valence-corrected chi connectivity index (χ0v) is 34.5. The van der Waals surface area contributed by atoms with E-state index in [-0.39, 0.29) is 49.2 Å². The average molecular weight is 816 g/mol. The predicted octanol–water partition coefficient (Wildman–Crippen LogP) is 3.12. The molecule has 58 heavy (non-hydrogen) atoms. The smallest absolute Gasteiger partial charge is 0.274 e. The maximum Gasteiger partial charge on any atom is 0.274 e. The minimum absolute atomic E-state index is 0.00510. The molecule has 0 radical (unpaired) electrons. The maximum absolute atomic E-state index is 15.0. The van der Waals surface area contributed by atoms with Gasteiger partial charge in [-0.05, 0) is 93.7 Å². The Morgan fingerprint density at radius 1 is 1.00 bits per heavy atom. The largest absolute Gasteiger partial charge is 0.471 e. The van der Waals surface area contributed by atoms with Gasteiger partial charge in [-0.2, -0.15) is 0 Å². The second-order valence-corrected chi connectivity index (χ2v) is 18.6. The van der Waals surface area contributed by atoms with Gasteiger partial charge in [0.15, 0.2) is 0 Å². The molecule has 7 atom stereocenters. The lowest BCUT2D eigenvalue weighted by atomic mass is 9.87. The van der Waals surface area contributed by atoms with Crippen molar-refractivity contribution in [3.8, 4) is 5.88 Å². The van der Waals surface area contributed by atoms with Crippen LogP contribution in [0.3, 0.4) is 0 Å². The molecule has 0 spiro atoms. The van der Waals surface area contributed by atoms with Crippen LogP contribution in [0.25, 0.3) is 10.8 Å². The number of allylic oxidation sites excluding steroid dienone is 1. The third-order valence-electron chi connectivity index (χ3n) is 12.0. The molecule has 310 valence electrons. The fourth-order valence-corrected chi connectivity index (χ4v) is 9.66. The first kappa shape index (κ1) is 40.9. The quantitative estimate of drug-likeness (QED) is 0.271. The fraction of sp³-hybridized carbons (Fsp3) is 0.524. The molecule has 4 amide bonds. The molecule has 15 nitrogen and oxygen atoms in total. The first-order valence-electron chi connectivity index (χ1n) is 20.2. The highest BCUT2D eigenvalue weighted by atomic mass is 32.2. The van der Waals surface area contributed by atoms with Crippen LogP contribution in [-0.4, -0.2) is 96.3 Å². The van der Waals surface area contributed by atoms with Gasteiger partial charge >= 0.3 is 0 Å². The monoisotopic (exact) mass is 815 g/mol. The number of fused-ring (bicyclic) bond motifs is 3. The van der Waals surface area contributed by atoms with Crippen LogP contribution >= 0.6 is 0 Å². The second kappa shape index (κ2) is 16.2. The molecule has 7 rings (SSSR count). The highest BCUT2D eigenvalue weighted by Gasteiger charge is 2.62. The number of aromatic nitrogens is 2. The summed E-state index contributed by atoms with van der Waals surface area (Å²) in [5.74, 6) is -2.88. The van der Waals surface area contributed by atoms with Gasteiger partial charge in [-0.25, -0.2) is 13.1 Å². The first-order valence-corrected chi connectivity index (χ1v) is 21.8. The Kier molecular flexibility index (Phi) is 11.4. The second-order valence-electron chi connectivity index (χ2n) is 16.6. The van der Waals surface area contributed by atoms with E-state index < -0.39 is 68.5 Å². The van der Waals surface area contributed by atoms with Crippen molar-refractivity contribution >= 4 is 50.1 Å². The summed E-state index contributed by atoms with van der Waals surface area (Å²) in [6, 6.07) is 11.8. The lowest BCUT2D eigenvalue weighted by Crippen LogP contribution is -2.59. The van der Waals surface area contributed by atoms with Crippen molar-refractivity contribution in [1.82, 2.24) is 30.0 Å². The van der Waals surface area contributed by atoms with Crippen LogP contribution in [0, 0.1) is 17.8 Å². The molecule has 1 saturated heterocycles. The Balaban J connectivity index is 1.24. The van der Waals surface area contributed by atoms with Crippen LogP contribution < -0.4 is 30.6 Å². The normalized spacial score (nSPS) is 28.3. The number of nitrogens with one attached hydrogen (secondary N) is 3. The molecule has 2 aromatic carbocycles. The van der Waals surface area contributed by atoms with Gasteiger partial charge in [-0.1, -0.05) is 38.1 Å². The van der Waals surface area contributed by atoms with E-state index in [1.165, 1.54) is 9.58 Å². The Morgan fingerprint density at radius 3 is 2.38 bits per heavy atom. The van der Waals surface area contributed by atoms with Crippen LogP contribution in [0.5, 0.6) is 5.88 Å². The summed E-state index contributed by atoms with van der Waals surface area (Å²) < 4.78 is 35.9. The molecule has 1 aromatic heterocycles. The van der Waals surface area contributed by atoms with Crippen LogP contribution in [0.1, 0.15) is 76.1 Å². The first-order chi connectivity index (χ1) is 27.6. The Bertz CT molecular complexity index is 2290. The van der Waals surface area contributed by atoms with Crippen LogP contribution in [0.15, 0.2) is 65.5 Å². The molecule has 2 aliphatic carbocycles. The predicted molar refractivity (Wildman–Crippen MR) is 219 cm³/mol. The Labute approximate surface area is 338 Å². The number of sulfonamides is 1. The van der Waals surface area contributed by atoms with Crippen LogP contribution in [0.4, 0.5) is 5.69 Å². The number of hydrogen-bond acceptors (Lipinski definition) is 10. The zero-order chi connectivity index (χ0) is 41.5. The Hall–Kier alpha value is -5.25. The molecule has 3 aromatic rings. The van der Waals surface area contributed by atoms with E-state index in [1.807, 2.05) is 50.2 Å². The fourth-order valence-electron chi connectivity index (χ4n) is 8.30. The van der Waals surface area contributed by atoms with Gasteiger partial charge in [0.1, 0.15) is 23.7 Å². The average Bonchev–Trinajstić information content (AvgIpc) is 4.13. The number of amides is 4. The molecule has 0 bridgehead atoms. The summed E-state index contributed by atoms with van der Waals surface area (Å²) >= 11 is 0. The molecule has 3 fully saturated rings. The van der Waals surface area contributed by atoms with Crippen molar-refractivity contribution < 1.29 is 32.3 Å². The van der Waals surface area contributed by atoms with Crippen molar-refractivity contribution in [1.29, 1.82) is 0 Å². The van der Waals surface area contributed by atoms with E-state index in [4.69, 9.17) is 4.74 Å². The van der Waals surface area contributed by atoms with Crippen molar-refractivity contribution in [2.75, 3.05) is 25.5 Å². The van der Waals surface area contributed by atoms with Crippen molar-refractivity contribution in [2.45, 2.75) is 101 Å². The zero-order valence-electron chi connectivity index (χ0n) is 33.6. The molecule has 0 unspecified atom stereocenters. The van der Waals surface area contributed by atoms with Gasteiger partial charge in [0.05, 0.1) is 22.6 Å². The van der Waals surface area contributed by atoms with E-state index in [9.17, 15) is 27.6 Å². The van der Waals surface area contributed by atoms with Crippen molar-refractivity contribution in [2.24, 2.45) is 17.8 Å². The minimum atomic E-state index is -3.92. The third-order valence-corrected chi connectivity index (χ3v) is 13.8. The Morgan fingerprint density at radius 2 is 1.71 bits per heavy atom. The highest BCUT2D eigenvalue weighted by Crippen LogP contribution is 2.46. The van der Waals surface area contributed by atoms with Crippen molar-refractivity contribution in [3.63, 3.8) is 0 Å². The number of aryl methyl sites for hydroxylation is 1. The standard InChI is InChI=1S/C42H53N7O8S/c1-6-49-39(52)33-14-10-9-13-32(33)38(45-49)57-30-22-34-37(51)44-42(41(54)46-58(55,56)31-19-20-31)23-28(42)12-8-7-11-25(2)21-26(3)35(40(53)48(34)24-30)43-36(50)27-15-17-29(18-16-27)47(4)5/h8-10,12-18,25-26,28,30-31,34-35H,6-7,11,19-24H2,1-5H3,(H,43,50)(H,44,51)(H,46,54)/b12-8-/t25-,26+,28+,30+,34-,35-,42+/m0/s1. The van der Waals surface area contributed by atoms with E-state index in [2.05, 4.69) is 27.4 Å². The molecule has 3 heterocycles. The number of nitrogens with zero attached hydrogens (tertiary/aromatic N) is 4. The molecule has 2 aliphatic heterocycles. The summed E-state index contributed by atoms with van der Waals surface area (Å²) in [4.78, 5) is 73.7. The molecular weight excluding hydrogens is 763 g/mol. The lowest BCUT2D eigenvalue weighted by Gasteiger charge is -2.33. The van der Waals surface area contributed by atoms with Gasteiger partial charge in [0.2, 0.25) is 27.7 Å². The minimum Gasteiger partial charge on any atom is -0.471 e. The maximum atomic E-state index is 15.0. The van der Waals surface area contributed by atoms with E-state index >= 15 is 4.79 Å².